The summed E-state index contributed by atoms with van der Waals surface area (Å²) >= 11 is 4.71. The van der Waals surface area contributed by atoms with Gasteiger partial charge in [-0.2, -0.15) is 0 Å². The minimum Gasteiger partial charge on any atom is -0.493 e. The van der Waals surface area contributed by atoms with Crippen molar-refractivity contribution in [2.45, 2.75) is 78.1 Å². The zero-order valence-corrected chi connectivity index (χ0v) is 18.2. The fourth-order valence-corrected chi connectivity index (χ4v) is 2.79. The first-order valence-corrected chi connectivity index (χ1v) is 10.4. The first-order chi connectivity index (χ1) is 12.2. The Morgan fingerprint density at radius 1 is 1.08 bits per heavy atom. The first kappa shape index (κ1) is 22.9. The molecule has 0 atom stereocenters. The normalized spacial score (nSPS) is 12.1. The molecule has 147 valence electrons. The number of carbonyl (C=O) groups is 1. The van der Waals surface area contributed by atoms with E-state index in [4.69, 9.17) is 17.4 Å². The van der Waals surface area contributed by atoms with Crippen molar-refractivity contribution in [3.8, 4) is 5.75 Å². The van der Waals surface area contributed by atoms with Crippen molar-refractivity contribution in [3.63, 3.8) is 0 Å². The Kier molecular flexibility index (Phi) is 9.02. The molecule has 0 aliphatic carbocycles. The Morgan fingerprint density at radius 2 is 1.73 bits per heavy atom. The van der Waals surface area contributed by atoms with E-state index in [0.717, 1.165) is 31.4 Å². The second-order valence-electron chi connectivity index (χ2n) is 8.24. The molecule has 0 unspecified atom stereocenters. The second kappa shape index (κ2) is 10.2. The summed E-state index contributed by atoms with van der Waals surface area (Å²) in [7, 11) is 0. The van der Waals surface area contributed by atoms with Gasteiger partial charge in [0.05, 0.1) is 12.4 Å². The number of amides is 1. The number of carbonyl (C=O) groups excluding carboxylic acids is 1. The van der Waals surface area contributed by atoms with Crippen LogP contribution in [-0.2, 0) is 15.6 Å². The Balaban J connectivity index is 2.79. The minimum absolute atomic E-state index is 0.0676. The summed E-state index contributed by atoms with van der Waals surface area (Å²) < 4.78 is 6.13. The number of hydrogen-bond donors (Lipinski definition) is 1. The minimum atomic E-state index is -0.0676. The van der Waals surface area contributed by atoms with Crippen molar-refractivity contribution in [1.82, 2.24) is 5.32 Å². The Labute approximate surface area is 165 Å². The van der Waals surface area contributed by atoms with E-state index in [1.54, 1.807) is 0 Å². The van der Waals surface area contributed by atoms with Crippen molar-refractivity contribution in [2.24, 2.45) is 0 Å². The number of benzene rings is 1. The summed E-state index contributed by atoms with van der Waals surface area (Å²) in [5.74, 6) is 1.05. The highest BCUT2D eigenvalue weighted by molar-refractivity contribution is 7.81. The maximum absolute atomic E-state index is 11.1. The molecule has 1 rings (SSSR count). The van der Waals surface area contributed by atoms with E-state index in [1.807, 2.05) is 0 Å². The largest absolute Gasteiger partial charge is 0.493 e. The third-order valence-corrected chi connectivity index (χ3v) is 5.80. The highest BCUT2D eigenvalue weighted by Gasteiger charge is 2.26. The lowest BCUT2D eigenvalue weighted by Gasteiger charge is -2.30. The average Bonchev–Trinajstić information content (AvgIpc) is 2.64. The lowest BCUT2D eigenvalue weighted by molar-refractivity contribution is -0.118. The van der Waals surface area contributed by atoms with Gasteiger partial charge in [0.15, 0.2) is 0 Å². The average molecular weight is 379 g/mol. The van der Waals surface area contributed by atoms with Crippen molar-refractivity contribution in [2.75, 3.05) is 18.9 Å². The van der Waals surface area contributed by atoms with Gasteiger partial charge in [-0.1, -0.05) is 66.3 Å². The fourth-order valence-electron chi connectivity index (χ4n) is 2.69. The second-order valence-corrected chi connectivity index (χ2v) is 8.52. The molecule has 0 saturated carbocycles. The predicted octanol–water partition coefficient (Wildman–Crippen LogP) is 5.53. The van der Waals surface area contributed by atoms with E-state index in [9.17, 15) is 4.79 Å². The third-order valence-electron chi connectivity index (χ3n) is 5.54. The maximum atomic E-state index is 11.1. The van der Waals surface area contributed by atoms with Gasteiger partial charge in [0.1, 0.15) is 5.75 Å². The molecule has 1 aromatic carbocycles. The summed E-state index contributed by atoms with van der Waals surface area (Å²) in [5, 5.41) is 2.81. The topological polar surface area (TPSA) is 38.3 Å². The maximum Gasteiger partial charge on any atom is 0.230 e. The van der Waals surface area contributed by atoms with Crippen LogP contribution in [-0.4, -0.2) is 24.8 Å². The molecule has 3 nitrogen and oxygen atoms in total. The van der Waals surface area contributed by atoms with Crippen LogP contribution in [0.25, 0.3) is 0 Å². The molecule has 0 spiro atoms. The van der Waals surface area contributed by atoms with Gasteiger partial charge in [0.2, 0.25) is 5.91 Å². The van der Waals surface area contributed by atoms with Crippen LogP contribution in [0.5, 0.6) is 5.75 Å². The summed E-state index contributed by atoms with van der Waals surface area (Å²) in [6, 6.07) is 6.68. The zero-order valence-electron chi connectivity index (χ0n) is 17.4. The molecule has 1 amide bonds. The van der Waals surface area contributed by atoms with Gasteiger partial charge >= 0.3 is 0 Å². The lowest BCUT2D eigenvalue weighted by atomic mass is 9.76. The molecule has 0 bridgehead atoms. The van der Waals surface area contributed by atoms with E-state index in [2.05, 4.69) is 65.1 Å². The third kappa shape index (κ3) is 6.53. The van der Waals surface area contributed by atoms with Crippen LogP contribution < -0.4 is 10.1 Å². The van der Waals surface area contributed by atoms with E-state index < -0.39 is 0 Å². The monoisotopic (exact) mass is 378 g/mol. The fraction of sp³-hybridized carbons (Fsp3) is 0.682. The summed E-state index contributed by atoms with van der Waals surface area (Å²) in [6.07, 6.45) is 3.97. The van der Waals surface area contributed by atoms with Gasteiger partial charge in [-0.25, -0.2) is 0 Å². The van der Waals surface area contributed by atoms with Gasteiger partial charge in [0.25, 0.3) is 0 Å². The predicted molar refractivity (Wildman–Crippen MR) is 113 cm³/mol. The van der Waals surface area contributed by atoms with Crippen LogP contribution in [0.4, 0.5) is 0 Å². The number of nitrogens with one attached hydrogen (secondary N) is 1. The molecule has 0 aliphatic heterocycles. The standard InChI is InChI=1S/C22H36NO2S/c1-7-21(3,4)17-11-12-19(18(15-17)22(5,6)8-2)25-14-10-9-13-23-20(24)16-26/h11-12,15H,7-10,13-14,16H2,1-6H3,(H,23,24). The Morgan fingerprint density at radius 3 is 2.31 bits per heavy atom. The molecular weight excluding hydrogens is 342 g/mol. The van der Waals surface area contributed by atoms with Gasteiger partial charge in [-0.15, -0.1) is 0 Å². The van der Waals surface area contributed by atoms with Gasteiger partial charge in [0, 0.05) is 12.1 Å². The van der Waals surface area contributed by atoms with Gasteiger partial charge in [-0.3, -0.25) is 4.79 Å². The molecule has 1 aromatic rings. The van der Waals surface area contributed by atoms with E-state index in [-0.39, 0.29) is 22.5 Å². The molecule has 0 aromatic heterocycles. The van der Waals surface area contributed by atoms with Gasteiger partial charge in [-0.05, 0) is 48.1 Å². The number of rotatable bonds is 11. The number of hydrogen-bond acceptors (Lipinski definition) is 2. The van der Waals surface area contributed by atoms with Crippen LogP contribution in [0.2, 0.25) is 0 Å². The smallest absolute Gasteiger partial charge is 0.230 e. The molecule has 0 aliphatic rings. The summed E-state index contributed by atoms with van der Waals surface area (Å²) in [4.78, 5) is 11.1. The van der Waals surface area contributed by atoms with Crippen LogP contribution in [0.15, 0.2) is 18.2 Å². The van der Waals surface area contributed by atoms with Crippen LogP contribution in [0.3, 0.4) is 0 Å². The lowest BCUT2D eigenvalue weighted by Crippen LogP contribution is -2.25. The van der Waals surface area contributed by atoms with Crippen LogP contribution in [0.1, 0.15) is 78.4 Å². The molecule has 4 heteroatoms. The Bertz CT molecular complexity index is 582. The van der Waals surface area contributed by atoms with Crippen molar-refractivity contribution < 1.29 is 9.53 Å². The van der Waals surface area contributed by atoms with E-state index in [0.29, 0.717) is 13.2 Å². The summed E-state index contributed by atoms with van der Waals surface area (Å²) in [6.45, 7) is 14.9. The van der Waals surface area contributed by atoms with Crippen LogP contribution in [0, 0.1) is 0 Å². The van der Waals surface area contributed by atoms with Crippen molar-refractivity contribution >= 4 is 18.5 Å². The molecule has 0 heterocycles. The van der Waals surface area contributed by atoms with Crippen molar-refractivity contribution in [3.05, 3.63) is 29.3 Å². The SMILES string of the molecule is CCC(C)(C)c1ccc(OCCCCNC(=O)C[S])c(C(C)(C)CC)c1. The highest BCUT2D eigenvalue weighted by atomic mass is 32.1. The molecule has 0 saturated heterocycles. The summed E-state index contributed by atoms with van der Waals surface area (Å²) in [5.41, 5.74) is 2.90. The number of unbranched alkanes of at least 4 members (excludes halogenated alkanes) is 1. The zero-order chi connectivity index (χ0) is 19.8. The van der Waals surface area contributed by atoms with E-state index in [1.165, 1.54) is 11.1 Å². The first-order valence-electron chi connectivity index (χ1n) is 9.80. The van der Waals surface area contributed by atoms with E-state index >= 15 is 0 Å². The molecule has 1 radical (unpaired) electrons. The Hall–Kier alpha value is -1.16. The molecule has 26 heavy (non-hydrogen) atoms. The quantitative estimate of drug-likeness (QED) is 0.514. The van der Waals surface area contributed by atoms with Crippen LogP contribution >= 0.6 is 12.6 Å². The van der Waals surface area contributed by atoms with Gasteiger partial charge < -0.3 is 10.1 Å². The molecular formula is C22H36NO2S. The van der Waals surface area contributed by atoms with Crippen molar-refractivity contribution in [1.29, 1.82) is 0 Å². The number of ether oxygens (including phenoxy) is 1. The highest BCUT2D eigenvalue weighted by Crippen LogP contribution is 2.38. The molecule has 1 N–H and O–H groups in total. The molecule has 0 fully saturated rings.